The van der Waals surface area contributed by atoms with Crippen molar-refractivity contribution in [2.24, 2.45) is 5.92 Å². The lowest BCUT2D eigenvalue weighted by Gasteiger charge is -2.08. The van der Waals surface area contributed by atoms with Crippen LogP contribution in [0, 0.1) is 5.92 Å². The van der Waals surface area contributed by atoms with Crippen molar-refractivity contribution in [2.75, 3.05) is 0 Å². The molecule has 0 bridgehead atoms. The molecule has 0 spiro atoms. The summed E-state index contributed by atoms with van der Waals surface area (Å²) < 4.78 is 29.5. The van der Waals surface area contributed by atoms with E-state index in [-0.39, 0.29) is 22.5 Å². The van der Waals surface area contributed by atoms with Crippen molar-refractivity contribution in [1.82, 2.24) is 9.97 Å². The molecule has 190 valence electrons. The van der Waals surface area contributed by atoms with Crippen LogP contribution in [0.15, 0.2) is 48.2 Å². The highest BCUT2D eigenvalue weighted by atomic mass is 35.5. The summed E-state index contributed by atoms with van der Waals surface area (Å²) in [5, 5.41) is 9.61. The molecule has 2 aromatic rings. The van der Waals surface area contributed by atoms with Gasteiger partial charge in [-0.25, -0.2) is 13.8 Å². The van der Waals surface area contributed by atoms with Gasteiger partial charge >= 0.3 is 0 Å². The van der Waals surface area contributed by atoms with Crippen molar-refractivity contribution in [3.8, 4) is 11.6 Å². The van der Waals surface area contributed by atoms with Crippen LogP contribution < -0.4 is 4.74 Å². The first-order valence-corrected chi connectivity index (χ1v) is 11.8. The maximum Gasteiger partial charge on any atom is 0.266 e. The molecule has 7 heteroatoms. The van der Waals surface area contributed by atoms with Crippen molar-refractivity contribution < 1.29 is 18.6 Å². The van der Waals surface area contributed by atoms with E-state index >= 15 is 0 Å². The van der Waals surface area contributed by atoms with Gasteiger partial charge in [0.15, 0.2) is 5.75 Å². The Balaban J connectivity index is 0.000000693. The predicted octanol–water partition coefficient (Wildman–Crippen LogP) is 8.89. The number of hydrogen-bond donors (Lipinski definition) is 1. The lowest BCUT2D eigenvalue weighted by atomic mass is 10.0. The molecule has 0 fully saturated rings. The second-order valence-corrected chi connectivity index (χ2v) is 8.61. The van der Waals surface area contributed by atoms with Gasteiger partial charge in [0.25, 0.3) is 11.8 Å². The van der Waals surface area contributed by atoms with Crippen LogP contribution >= 0.6 is 11.6 Å². The Morgan fingerprint density at radius 2 is 1.74 bits per heavy atom. The zero-order chi connectivity index (χ0) is 26.3. The molecule has 4 nitrogen and oxygen atoms in total. The van der Waals surface area contributed by atoms with E-state index in [1.807, 2.05) is 24.3 Å². The summed E-state index contributed by atoms with van der Waals surface area (Å²) in [6.07, 6.45) is 7.14. The second-order valence-electron chi connectivity index (χ2n) is 8.27. The Morgan fingerprint density at radius 3 is 2.15 bits per heavy atom. The van der Waals surface area contributed by atoms with E-state index in [2.05, 4.69) is 50.7 Å². The normalized spacial score (nSPS) is 11.9. The van der Waals surface area contributed by atoms with E-state index in [4.69, 9.17) is 16.3 Å². The smallest absolute Gasteiger partial charge is 0.266 e. The van der Waals surface area contributed by atoms with Gasteiger partial charge < -0.3 is 9.84 Å². The van der Waals surface area contributed by atoms with Crippen LogP contribution in [0.1, 0.15) is 79.4 Å². The second kappa shape index (κ2) is 16.2. The molecule has 0 unspecified atom stereocenters. The molecule has 0 amide bonds. The number of aromatic nitrogens is 2. The molecule has 0 aliphatic carbocycles. The van der Waals surface area contributed by atoms with Crippen LogP contribution in [0.3, 0.4) is 0 Å². The highest BCUT2D eigenvalue weighted by Crippen LogP contribution is 2.24. The number of aromatic hydroxyl groups is 1. The van der Waals surface area contributed by atoms with E-state index in [1.54, 1.807) is 6.92 Å². The van der Waals surface area contributed by atoms with E-state index in [0.29, 0.717) is 6.61 Å². The van der Waals surface area contributed by atoms with E-state index in [0.717, 1.165) is 24.8 Å². The third kappa shape index (κ3) is 13.3. The predicted molar refractivity (Wildman–Crippen MR) is 139 cm³/mol. The number of benzene rings is 1. The molecule has 0 aliphatic heterocycles. The maximum atomic E-state index is 12.0. The maximum absolute atomic E-state index is 12.0. The summed E-state index contributed by atoms with van der Waals surface area (Å²) in [6, 6.07) is 8.07. The minimum absolute atomic E-state index is 0.0403. The lowest BCUT2D eigenvalue weighted by molar-refractivity contribution is 0.0633. The third-order valence-electron chi connectivity index (χ3n) is 4.94. The molecule has 0 radical (unpaired) electrons. The van der Waals surface area contributed by atoms with Crippen LogP contribution in [-0.2, 0) is 6.61 Å². The Bertz CT molecular complexity index is 906. The zero-order valence-corrected chi connectivity index (χ0v) is 22.4. The zero-order valence-electron chi connectivity index (χ0n) is 21.6. The number of rotatable bonds is 7. The van der Waals surface area contributed by atoms with Crippen molar-refractivity contribution in [3.05, 3.63) is 64.6 Å². The highest BCUT2D eigenvalue weighted by molar-refractivity contribution is 6.28. The quantitative estimate of drug-likeness (QED) is 0.307. The average Bonchev–Trinajstić information content (AvgIpc) is 2.79. The standard InChI is InChI=1S/C16H17ClN2O2.C6H10F2.C5H12/c1-3-4-11(2)13-7-5-12(6-8-13)10-21-15-14(20)9-18-16(17)19-15;1-4-5(2)6(3,7)8;1-4-5(2)3/h4-9,20H,3,10H2,1-2H3;4H,1-3H3;5H,4H2,1-3H3/b;5-4+;. The van der Waals surface area contributed by atoms with Gasteiger partial charge in [0.1, 0.15) is 6.61 Å². The minimum atomic E-state index is -2.63. The molecule has 0 saturated carbocycles. The average molecular weight is 497 g/mol. The first-order valence-electron chi connectivity index (χ1n) is 11.5. The van der Waals surface area contributed by atoms with Gasteiger partial charge in [-0.15, -0.1) is 0 Å². The topological polar surface area (TPSA) is 55.2 Å². The third-order valence-corrected chi connectivity index (χ3v) is 5.13. The monoisotopic (exact) mass is 496 g/mol. The summed E-state index contributed by atoms with van der Waals surface area (Å²) in [7, 11) is 0. The van der Waals surface area contributed by atoms with Crippen LogP contribution in [0.5, 0.6) is 11.6 Å². The molecule has 0 atom stereocenters. The fourth-order valence-corrected chi connectivity index (χ4v) is 2.26. The number of alkyl halides is 2. The summed E-state index contributed by atoms with van der Waals surface area (Å²) >= 11 is 5.66. The molecular weight excluding hydrogens is 458 g/mol. The van der Waals surface area contributed by atoms with Gasteiger partial charge in [-0.05, 0) is 67.0 Å². The Hall–Kier alpha value is -2.47. The van der Waals surface area contributed by atoms with E-state index in [9.17, 15) is 13.9 Å². The van der Waals surface area contributed by atoms with Crippen molar-refractivity contribution in [3.63, 3.8) is 0 Å². The number of ether oxygens (including phenoxy) is 1. The molecule has 1 heterocycles. The van der Waals surface area contributed by atoms with E-state index in [1.165, 1.54) is 36.8 Å². The molecule has 1 aromatic heterocycles. The van der Waals surface area contributed by atoms with Gasteiger partial charge in [-0.1, -0.05) is 70.5 Å². The Labute approximate surface area is 208 Å². The molecule has 0 saturated heterocycles. The van der Waals surface area contributed by atoms with Crippen LogP contribution in [0.2, 0.25) is 5.28 Å². The summed E-state index contributed by atoms with van der Waals surface area (Å²) in [4.78, 5) is 7.49. The van der Waals surface area contributed by atoms with Gasteiger partial charge in [0.05, 0.1) is 6.20 Å². The lowest BCUT2D eigenvalue weighted by Crippen LogP contribution is -2.10. The molecule has 2 rings (SSSR count). The summed E-state index contributed by atoms with van der Waals surface area (Å²) in [5.41, 5.74) is 3.55. The fraction of sp³-hybridized carbons (Fsp3) is 0.481. The van der Waals surface area contributed by atoms with Crippen molar-refractivity contribution >= 4 is 17.2 Å². The van der Waals surface area contributed by atoms with Crippen LogP contribution in [-0.4, -0.2) is 21.0 Å². The van der Waals surface area contributed by atoms with Crippen molar-refractivity contribution in [2.45, 2.75) is 80.8 Å². The number of halogens is 3. The van der Waals surface area contributed by atoms with Crippen LogP contribution in [0.4, 0.5) is 8.78 Å². The molecule has 1 aromatic carbocycles. The van der Waals surface area contributed by atoms with E-state index < -0.39 is 5.92 Å². The van der Waals surface area contributed by atoms with Gasteiger partial charge in [-0.3, -0.25) is 0 Å². The Morgan fingerprint density at radius 1 is 1.18 bits per heavy atom. The van der Waals surface area contributed by atoms with Crippen LogP contribution in [0.25, 0.3) is 5.57 Å². The van der Waals surface area contributed by atoms with Crippen molar-refractivity contribution in [1.29, 1.82) is 0 Å². The SMILES string of the molecule is C/C=C(\C)C(C)(F)F.CCC(C)C.CCC=C(C)c1ccc(COc2nc(Cl)ncc2O)cc1. The highest BCUT2D eigenvalue weighted by Gasteiger charge is 2.22. The minimum Gasteiger partial charge on any atom is -0.502 e. The molecular formula is C27H39ClF2N2O2. The summed E-state index contributed by atoms with van der Waals surface area (Å²) in [6.45, 7) is 15.1. The first kappa shape index (κ1) is 31.5. The fourth-order valence-electron chi connectivity index (χ4n) is 2.14. The van der Waals surface area contributed by atoms with Gasteiger partial charge in [0.2, 0.25) is 5.28 Å². The first-order chi connectivity index (χ1) is 15.8. The Kier molecular flexibility index (Phi) is 15.0. The largest absolute Gasteiger partial charge is 0.502 e. The van der Waals surface area contributed by atoms with Gasteiger partial charge in [0, 0.05) is 6.92 Å². The molecule has 0 aliphatic rings. The number of hydrogen-bond acceptors (Lipinski definition) is 4. The molecule has 34 heavy (non-hydrogen) atoms. The number of allylic oxidation sites excluding steroid dienone is 4. The number of nitrogens with zero attached hydrogens (tertiary/aromatic N) is 2. The molecule has 1 N–H and O–H groups in total. The van der Waals surface area contributed by atoms with Gasteiger partial charge in [-0.2, -0.15) is 4.98 Å². The summed E-state index contributed by atoms with van der Waals surface area (Å²) in [5.74, 6) is -1.79.